The number of para-hydroxylation sites is 1. The van der Waals surface area contributed by atoms with E-state index >= 15 is 0 Å². The predicted octanol–water partition coefficient (Wildman–Crippen LogP) is 4.14. The van der Waals surface area contributed by atoms with Crippen LogP contribution in [0.25, 0.3) is 11.0 Å². The average molecular weight is 355 g/mol. The molecule has 0 saturated carbocycles. The Morgan fingerprint density at radius 2 is 2.15 bits per heavy atom. The van der Waals surface area contributed by atoms with Crippen molar-refractivity contribution >= 4 is 22.7 Å². The standard InChI is InChI=1S/C19H25N5O2/c1-6-16-13(4)14-8-7-9-15(18(14)26-16)21-19(25)23(5)10-17-22-20-11-24(17)12(2)3/h7-9,11-12H,6,10H2,1-5H3,(H,21,25). The summed E-state index contributed by atoms with van der Waals surface area (Å²) in [6.45, 7) is 8.58. The van der Waals surface area contributed by atoms with E-state index in [-0.39, 0.29) is 12.1 Å². The lowest BCUT2D eigenvalue weighted by Gasteiger charge is -2.19. The smallest absolute Gasteiger partial charge is 0.322 e. The third kappa shape index (κ3) is 3.29. The summed E-state index contributed by atoms with van der Waals surface area (Å²) >= 11 is 0. The van der Waals surface area contributed by atoms with Crippen LogP contribution in [0.5, 0.6) is 0 Å². The first-order valence-electron chi connectivity index (χ1n) is 8.83. The molecule has 0 bridgehead atoms. The molecule has 1 N–H and O–H groups in total. The van der Waals surface area contributed by atoms with E-state index in [4.69, 9.17) is 4.42 Å². The predicted molar refractivity (Wildman–Crippen MR) is 101 cm³/mol. The third-order valence-electron chi connectivity index (χ3n) is 4.55. The number of aromatic nitrogens is 3. The molecule has 1 aromatic carbocycles. The summed E-state index contributed by atoms with van der Waals surface area (Å²) < 4.78 is 7.91. The van der Waals surface area contributed by atoms with Gasteiger partial charge < -0.3 is 19.2 Å². The van der Waals surface area contributed by atoms with Crippen LogP contribution in [0.4, 0.5) is 10.5 Å². The SMILES string of the molecule is CCc1oc2c(NC(=O)N(C)Cc3nncn3C(C)C)cccc2c1C. The second-order valence-corrected chi connectivity index (χ2v) is 6.72. The van der Waals surface area contributed by atoms with Crippen LogP contribution in [-0.4, -0.2) is 32.7 Å². The molecular weight excluding hydrogens is 330 g/mol. The zero-order chi connectivity index (χ0) is 18.8. The van der Waals surface area contributed by atoms with Crippen molar-refractivity contribution < 1.29 is 9.21 Å². The number of benzene rings is 1. The first kappa shape index (κ1) is 18.0. The number of rotatable bonds is 5. The lowest BCUT2D eigenvalue weighted by Crippen LogP contribution is -2.32. The number of amides is 2. The number of nitrogens with one attached hydrogen (secondary N) is 1. The summed E-state index contributed by atoms with van der Waals surface area (Å²) in [5, 5.41) is 12.0. The van der Waals surface area contributed by atoms with Crippen molar-refractivity contribution in [2.75, 3.05) is 12.4 Å². The molecule has 26 heavy (non-hydrogen) atoms. The molecule has 3 rings (SSSR count). The number of aryl methyl sites for hydroxylation is 2. The Bertz CT molecular complexity index is 925. The van der Waals surface area contributed by atoms with E-state index in [2.05, 4.69) is 36.3 Å². The molecule has 0 unspecified atom stereocenters. The maximum absolute atomic E-state index is 12.6. The molecule has 7 heteroatoms. The van der Waals surface area contributed by atoms with Crippen LogP contribution < -0.4 is 5.32 Å². The van der Waals surface area contributed by atoms with Crippen molar-refractivity contribution in [3.05, 3.63) is 41.7 Å². The van der Waals surface area contributed by atoms with E-state index in [0.29, 0.717) is 17.8 Å². The zero-order valence-electron chi connectivity index (χ0n) is 15.9. The number of hydrogen-bond donors (Lipinski definition) is 1. The van der Waals surface area contributed by atoms with E-state index in [1.165, 1.54) is 0 Å². The maximum Gasteiger partial charge on any atom is 0.322 e. The van der Waals surface area contributed by atoms with Crippen LogP contribution in [0.15, 0.2) is 28.9 Å². The highest BCUT2D eigenvalue weighted by molar-refractivity contribution is 6.00. The van der Waals surface area contributed by atoms with Crippen LogP contribution >= 0.6 is 0 Å². The Labute approximate surface area is 153 Å². The topological polar surface area (TPSA) is 76.2 Å². The fraction of sp³-hybridized carbons (Fsp3) is 0.421. The summed E-state index contributed by atoms with van der Waals surface area (Å²) in [5.74, 6) is 1.69. The molecule has 3 aromatic rings. The van der Waals surface area contributed by atoms with Gasteiger partial charge in [0.25, 0.3) is 0 Å². The molecule has 0 spiro atoms. The maximum atomic E-state index is 12.6. The summed E-state index contributed by atoms with van der Waals surface area (Å²) in [4.78, 5) is 14.2. The summed E-state index contributed by atoms with van der Waals surface area (Å²) in [6.07, 6.45) is 2.50. The van der Waals surface area contributed by atoms with Gasteiger partial charge in [0.2, 0.25) is 0 Å². The number of carbonyl (C=O) groups is 1. The summed E-state index contributed by atoms with van der Waals surface area (Å²) in [6, 6.07) is 5.81. The molecule has 0 fully saturated rings. The monoisotopic (exact) mass is 355 g/mol. The molecule has 2 amide bonds. The van der Waals surface area contributed by atoms with Crippen LogP contribution in [-0.2, 0) is 13.0 Å². The molecule has 0 aliphatic rings. The minimum atomic E-state index is -0.220. The van der Waals surface area contributed by atoms with Crippen molar-refractivity contribution in [2.45, 2.75) is 46.7 Å². The quantitative estimate of drug-likeness (QED) is 0.746. The highest BCUT2D eigenvalue weighted by atomic mass is 16.3. The second kappa shape index (κ2) is 7.19. The molecule has 0 saturated heterocycles. The minimum absolute atomic E-state index is 0.220. The van der Waals surface area contributed by atoms with E-state index < -0.39 is 0 Å². The van der Waals surface area contributed by atoms with E-state index in [1.807, 2.05) is 29.7 Å². The second-order valence-electron chi connectivity index (χ2n) is 6.72. The largest absolute Gasteiger partial charge is 0.459 e. The van der Waals surface area contributed by atoms with Gasteiger partial charge in [-0.1, -0.05) is 19.1 Å². The van der Waals surface area contributed by atoms with Gasteiger partial charge in [0.1, 0.15) is 12.1 Å². The first-order valence-corrected chi connectivity index (χ1v) is 8.83. The van der Waals surface area contributed by atoms with Crippen LogP contribution in [0.1, 0.15) is 44.0 Å². The van der Waals surface area contributed by atoms with Gasteiger partial charge in [-0.3, -0.25) is 0 Å². The van der Waals surface area contributed by atoms with Crippen molar-refractivity contribution in [1.82, 2.24) is 19.7 Å². The number of urea groups is 1. The lowest BCUT2D eigenvalue weighted by molar-refractivity contribution is 0.218. The molecule has 2 aromatic heterocycles. The molecule has 138 valence electrons. The van der Waals surface area contributed by atoms with Gasteiger partial charge in [0.15, 0.2) is 11.4 Å². The van der Waals surface area contributed by atoms with Crippen molar-refractivity contribution in [3.63, 3.8) is 0 Å². The number of fused-ring (bicyclic) bond motifs is 1. The number of carbonyl (C=O) groups excluding carboxylic acids is 1. The van der Waals surface area contributed by atoms with Gasteiger partial charge in [-0.05, 0) is 32.4 Å². The first-order chi connectivity index (χ1) is 12.4. The molecule has 2 heterocycles. The Morgan fingerprint density at radius 3 is 2.85 bits per heavy atom. The van der Waals surface area contributed by atoms with Gasteiger partial charge >= 0.3 is 6.03 Å². The molecule has 0 aliphatic carbocycles. The summed E-state index contributed by atoms with van der Waals surface area (Å²) in [5.41, 5.74) is 2.51. The third-order valence-corrected chi connectivity index (χ3v) is 4.55. The number of nitrogens with zero attached hydrogens (tertiary/aromatic N) is 4. The lowest BCUT2D eigenvalue weighted by atomic mass is 10.1. The number of hydrogen-bond acceptors (Lipinski definition) is 4. The number of anilines is 1. The highest BCUT2D eigenvalue weighted by Gasteiger charge is 2.17. The van der Waals surface area contributed by atoms with Gasteiger partial charge in [0, 0.05) is 24.9 Å². The van der Waals surface area contributed by atoms with Gasteiger partial charge in [-0.15, -0.1) is 10.2 Å². The van der Waals surface area contributed by atoms with Crippen LogP contribution in [0.2, 0.25) is 0 Å². The molecular formula is C19H25N5O2. The Morgan fingerprint density at radius 1 is 1.38 bits per heavy atom. The Balaban J connectivity index is 1.79. The van der Waals surface area contributed by atoms with Crippen molar-refractivity contribution in [3.8, 4) is 0 Å². The normalized spacial score (nSPS) is 11.3. The van der Waals surface area contributed by atoms with Crippen molar-refractivity contribution in [1.29, 1.82) is 0 Å². The van der Waals surface area contributed by atoms with Crippen molar-refractivity contribution in [2.24, 2.45) is 0 Å². The van der Waals surface area contributed by atoms with Gasteiger partial charge in [-0.2, -0.15) is 0 Å². The van der Waals surface area contributed by atoms with Gasteiger partial charge in [0.05, 0.1) is 12.2 Å². The molecule has 0 atom stereocenters. The van der Waals surface area contributed by atoms with E-state index in [9.17, 15) is 4.79 Å². The van der Waals surface area contributed by atoms with Crippen LogP contribution in [0.3, 0.4) is 0 Å². The Kier molecular flexibility index (Phi) is 4.97. The summed E-state index contributed by atoms with van der Waals surface area (Å²) in [7, 11) is 1.74. The minimum Gasteiger partial charge on any atom is -0.459 e. The average Bonchev–Trinajstić information content (AvgIpc) is 3.20. The molecule has 0 radical (unpaired) electrons. The molecule has 0 aliphatic heterocycles. The number of furan rings is 1. The zero-order valence-corrected chi connectivity index (χ0v) is 15.9. The fourth-order valence-corrected chi connectivity index (χ4v) is 3.03. The fourth-order valence-electron chi connectivity index (χ4n) is 3.03. The van der Waals surface area contributed by atoms with Crippen LogP contribution in [0, 0.1) is 6.92 Å². The van der Waals surface area contributed by atoms with E-state index in [1.54, 1.807) is 18.3 Å². The molecule has 7 nitrogen and oxygen atoms in total. The highest BCUT2D eigenvalue weighted by Crippen LogP contribution is 2.31. The van der Waals surface area contributed by atoms with Gasteiger partial charge in [-0.25, -0.2) is 4.79 Å². The Hall–Kier alpha value is -2.83. The van der Waals surface area contributed by atoms with E-state index in [0.717, 1.165) is 29.0 Å².